The van der Waals surface area contributed by atoms with Gasteiger partial charge in [-0.25, -0.2) is 0 Å². The van der Waals surface area contributed by atoms with Crippen LogP contribution < -0.4 is 0 Å². The first-order valence-corrected chi connectivity index (χ1v) is 6.58. The molecular formula is C13H20O5. The van der Waals surface area contributed by atoms with E-state index in [0.29, 0.717) is 12.8 Å². The number of aldehydes is 1. The summed E-state index contributed by atoms with van der Waals surface area (Å²) in [6, 6.07) is 0. The minimum Gasteiger partial charge on any atom is -0.462 e. The molecule has 0 aromatic heterocycles. The third-order valence-corrected chi connectivity index (χ3v) is 3.48. The molecule has 0 radical (unpaired) electrons. The van der Waals surface area contributed by atoms with Crippen molar-refractivity contribution in [1.82, 2.24) is 0 Å². The van der Waals surface area contributed by atoms with E-state index in [2.05, 4.69) is 0 Å². The van der Waals surface area contributed by atoms with Crippen molar-refractivity contribution in [2.45, 2.75) is 57.5 Å². The molecule has 1 aliphatic carbocycles. The van der Waals surface area contributed by atoms with Crippen molar-refractivity contribution in [1.29, 1.82) is 0 Å². The minimum atomic E-state index is -0.306. The average molecular weight is 256 g/mol. The molecule has 2 aliphatic rings. The van der Waals surface area contributed by atoms with Gasteiger partial charge in [-0.1, -0.05) is 0 Å². The van der Waals surface area contributed by atoms with E-state index in [1.165, 1.54) is 6.92 Å². The second kappa shape index (κ2) is 6.29. The number of rotatable bonds is 4. The van der Waals surface area contributed by atoms with Gasteiger partial charge in [-0.3, -0.25) is 4.79 Å². The topological polar surface area (TPSA) is 61.8 Å². The van der Waals surface area contributed by atoms with Crippen molar-refractivity contribution < 1.29 is 23.8 Å². The number of carbonyl (C=O) groups is 2. The summed E-state index contributed by atoms with van der Waals surface area (Å²) in [7, 11) is 0. The fourth-order valence-electron chi connectivity index (χ4n) is 2.63. The van der Waals surface area contributed by atoms with Crippen molar-refractivity contribution >= 4 is 12.3 Å². The highest BCUT2D eigenvalue weighted by Crippen LogP contribution is 2.31. The van der Waals surface area contributed by atoms with Crippen LogP contribution in [0.4, 0.5) is 0 Å². The van der Waals surface area contributed by atoms with Gasteiger partial charge in [0.15, 0.2) is 6.29 Å². The highest BCUT2D eigenvalue weighted by Gasteiger charge is 2.38. The largest absolute Gasteiger partial charge is 0.462 e. The van der Waals surface area contributed by atoms with Crippen LogP contribution >= 0.6 is 0 Å². The molecule has 102 valence electrons. The third kappa shape index (κ3) is 3.53. The van der Waals surface area contributed by atoms with Crippen LogP contribution in [-0.4, -0.2) is 37.4 Å². The lowest BCUT2D eigenvalue weighted by molar-refractivity contribution is -0.194. The molecule has 0 bridgehead atoms. The first-order chi connectivity index (χ1) is 8.69. The first-order valence-electron chi connectivity index (χ1n) is 6.58. The van der Waals surface area contributed by atoms with Gasteiger partial charge in [-0.15, -0.1) is 0 Å². The van der Waals surface area contributed by atoms with Gasteiger partial charge in [-0.2, -0.15) is 0 Å². The summed E-state index contributed by atoms with van der Waals surface area (Å²) >= 11 is 0. The predicted molar refractivity (Wildman–Crippen MR) is 62.8 cm³/mol. The van der Waals surface area contributed by atoms with Crippen molar-refractivity contribution in [2.24, 2.45) is 5.92 Å². The lowest BCUT2D eigenvalue weighted by atomic mass is 10.1. The second-order valence-corrected chi connectivity index (χ2v) is 4.97. The van der Waals surface area contributed by atoms with Crippen LogP contribution in [0.3, 0.4) is 0 Å². The van der Waals surface area contributed by atoms with Gasteiger partial charge in [0.1, 0.15) is 12.4 Å². The summed E-state index contributed by atoms with van der Waals surface area (Å²) in [4.78, 5) is 21.9. The number of hydrogen-bond acceptors (Lipinski definition) is 5. The second-order valence-electron chi connectivity index (χ2n) is 4.97. The van der Waals surface area contributed by atoms with Gasteiger partial charge in [0.25, 0.3) is 0 Å². The predicted octanol–water partition coefficient (Wildman–Crippen LogP) is 1.44. The molecule has 2 rings (SSSR count). The Bertz CT molecular complexity index is 298. The summed E-state index contributed by atoms with van der Waals surface area (Å²) in [5, 5.41) is 0. The van der Waals surface area contributed by atoms with Gasteiger partial charge in [0.05, 0.1) is 6.10 Å². The number of hydrogen-bond donors (Lipinski definition) is 0. The summed E-state index contributed by atoms with van der Waals surface area (Å²) in [6.45, 7) is 2.10. The molecule has 0 N–H and O–H groups in total. The fraction of sp³-hybridized carbons (Fsp3) is 0.846. The van der Waals surface area contributed by atoms with E-state index in [-0.39, 0.29) is 30.4 Å². The zero-order valence-corrected chi connectivity index (χ0v) is 10.7. The lowest BCUT2D eigenvalue weighted by Gasteiger charge is -2.27. The van der Waals surface area contributed by atoms with Crippen LogP contribution in [0.1, 0.15) is 39.0 Å². The molecule has 0 amide bonds. The zero-order chi connectivity index (χ0) is 13.0. The monoisotopic (exact) mass is 256 g/mol. The summed E-state index contributed by atoms with van der Waals surface area (Å²) < 4.78 is 16.5. The van der Waals surface area contributed by atoms with Crippen LogP contribution in [0.5, 0.6) is 0 Å². The first kappa shape index (κ1) is 13.5. The maximum atomic E-state index is 11.0. The quantitative estimate of drug-likeness (QED) is 0.562. The molecule has 1 heterocycles. The average Bonchev–Trinajstić information content (AvgIpc) is 2.71. The molecule has 1 unspecified atom stereocenters. The molecule has 1 saturated carbocycles. The Balaban J connectivity index is 1.85. The summed E-state index contributed by atoms with van der Waals surface area (Å²) in [5.41, 5.74) is 0. The van der Waals surface area contributed by atoms with E-state index in [9.17, 15) is 9.59 Å². The van der Waals surface area contributed by atoms with E-state index in [0.717, 1.165) is 32.2 Å². The number of esters is 1. The van der Waals surface area contributed by atoms with Crippen LogP contribution in [-0.2, 0) is 23.8 Å². The fourth-order valence-corrected chi connectivity index (χ4v) is 2.63. The van der Waals surface area contributed by atoms with E-state index in [4.69, 9.17) is 14.2 Å². The van der Waals surface area contributed by atoms with Crippen LogP contribution in [0.25, 0.3) is 0 Å². The molecule has 5 heteroatoms. The molecule has 0 aromatic carbocycles. The van der Waals surface area contributed by atoms with E-state index < -0.39 is 0 Å². The molecule has 4 atom stereocenters. The summed E-state index contributed by atoms with van der Waals surface area (Å²) in [5.74, 6) is -0.501. The van der Waals surface area contributed by atoms with Gasteiger partial charge in [0, 0.05) is 25.9 Å². The maximum Gasteiger partial charge on any atom is 0.302 e. The Kier molecular flexibility index (Phi) is 4.72. The molecular weight excluding hydrogens is 236 g/mol. The SMILES string of the molecule is CC(=O)O[C@H]1C[C@@H](C=O)[C@H](OC2CCCCO2)C1. The molecule has 2 fully saturated rings. The van der Waals surface area contributed by atoms with E-state index >= 15 is 0 Å². The Hall–Kier alpha value is -0.940. The van der Waals surface area contributed by atoms with E-state index in [1.807, 2.05) is 0 Å². The van der Waals surface area contributed by atoms with Gasteiger partial charge in [-0.05, 0) is 25.7 Å². The van der Waals surface area contributed by atoms with Crippen LogP contribution in [0.15, 0.2) is 0 Å². The molecule has 1 aliphatic heterocycles. The van der Waals surface area contributed by atoms with Gasteiger partial charge >= 0.3 is 5.97 Å². The van der Waals surface area contributed by atoms with Crippen molar-refractivity contribution in [2.75, 3.05) is 6.61 Å². The normalized spacial score (nSPS) is 36.3. The van der Waals surface area contributed by atoms with Crippen LogP contribution in [0, 0.1) is 5.92 Å². The minimum absolute atomic E-state index is 0.185. The van der Waals surface area contributed by atoms with Crippen molar-refractivity contribution in [3.8, 4) is 0 Å². The standard InChI is InChI=1S/C13H20O5/c1-9(15)17-11-6-10(8-14)12(7-11)18-13-4-2-3-5-16-13/h8,10-13H,2-7H2,1H3/t10-,11-,12+,13?/m0/s1. The number of carbonyl (C=O) groups excluding carboxylic acids is 2. The summed E-state index contributed by atoms with van der Waals surface area (Å²) in [6.07, 6.45) is 4.48. The Morgan fingerprint density at radius 3 is 2.78 bits per heavy atom. The number of ether oxygens (including phenoxy) is 3. The highest BCUT2D eigenvalue weighted by atomic mass is 16.7. The van der Waals surface area contributed by atoms with E-state index in [1.54, 1.807) is 0 Å². The third-order valence-electron chi connectivity index (χ3n) is 3.48. The smallest absolute Gasteiger partial charge is 0.302 e. The molecule has 0 spiro atoms. The van der Waals surface area contributed by atoms with Gasteiger partial charge < -0.3 is 19.0 Å². The van der Waals surface area contributed by atoms with Gasteiger partial charge in [0.2, 0.25) is 0 Å². The lowest BCUT2D eigenvalue weighted by Crippen LogP contribution is -2.30. The Morgan fingerprint density at radius 2 is 2.17 bits per heavy atom. The maximum absolute atomic E-state index is 11.0. The molecule has 18 heavy (non-hydrogen) atoms. The highest BCUT2D eigenvalue weighted by molar-refractivity contribution is 5.66. The molecule has 1 saturated heterocycles. The Morgan fingerprint density at radius 1 is 1.33 bits per heavy atom. The zero-order valence-electron chi connectivity index (χ0n) is 10.7. The molecule has 0 aromatic rings. The Labute approximate surface area is 107 Å². The van der Waals surface area contributed by atoms with Crippen molar-refractivity contribution in [3.05, 3.63) is 0 Å². The van der Waals surface area contributed by atoms with Crippen molar-refractivity contribution in [3.63, 3.8) is 0 Å². The molecule has 5 nitrogen and oxygen atoms in total. The van der Waals surface area contributed by atoms with Crippen LogP contribution in [0.2, 0.25) is 0 Å².